The number of nitrogens with zero attached hydrogens (tertiary/aromatic N) is 3. The Kier molecular flexibility index (Phi) is 5.00. The van der Waals surface area contributed by atoms with Crippen LogP contribution in [0.5, 0.6) is 0 Å². The van der Waals surface area contributed by atoms with Gasteiger partial charge in [0.25, 0.3) is 15.9 Å². The highest BCUT2D eigenvalue weighted by Gasteiger charge is 2.41. The predicted octanol–water partition coefficient (Wildman–Crippen LogP) is 1.94. The quantitative estimate of drug-likeness (QED) is 0.795. The predicted molar refractivity (Wildman–Crippen MR) is 103 cm³/mol. The van der Waals surface area contributed by atoms with Gasteiger partial charge < -0.3 is 10.6 Å². The number of anilines is 2. The number of nitrogens with one attached hydrogen (secondary N) is 1. The lowest BCUT2D eigenvalue weighted by atomic mass is 9.90. The minimum Gasteiger partial charge on any atom is -0.384 e. The smallest absolute Gasteiger partial charge is 0.281 e. The Morgan fingerprint density at radius 1 is 1.39 bits per heavy atom. The zero-order valence-electron chi connectivity index (χ0n) is 15.8. The number of carbonyl (C=O) groups is 1. The molecule has 0 saturated carbocycles. The molecule has 3 heterocycles. The SMILES string of the molecule is CC1CCN(c2ncc(F)cc2C(=O)NS(=O)(=O)c2cccc(N)n2)C1(C)C. The lowest BCUT2D eigenvalue weighted by Crippen LogP contribution is -2.43. The highest BCUT2D eigenvalue weighted by molar-refractivity contribution is 7.90. The second-order valence-electron chi connectivity index (χ2n) is 7.36. The molecule has 0 bridgehead atoms. The zero-order chi connectivity index (χ0) is 20.7. The normalized spacial score (nSPS) is 18.9. The van der Waals surface area contributed by atoms with Gasteiger partial charge in [0.2, 0.25) is 0 Å². The van der Waals surface area contributed by atoms with E-state index < -0.39 is 26.8 Å². The van der Waals surface area contributed by atoms with Crippen LogP contribution in [0, 0.1) is 11.7 Å². The fraction of sp³-hybridized carbons (Fsp3) is 0.389. The van der Waals surface area contributed by atoms with Crippen molar-refractivity contribution in [1.29, 1.82) is 0 Å². The lowest BCUT2D eigenvalue weighted by Gasteiger charge is -2.36. The van der Waals surface area contributed by atoms with E-state index >= 15 is 0 Å². The third-order valence-electron chi connectivity index (χ3n) is 5.27. The van der Waals surface area contributed by atoms with Crippen LogP contribution in [0.3, 0.4) is 0 Å². The van der Waals surface area contributed by atoms with Gasteiger partial charge in [-0.05, 0) is 44.4 Å². The Balaban J connectivity index is 1.97. The van der Waals surface area contributed by atoms with Crippen LogP contribution in [-0.4, -0.2) is 36.4 Å². The molecule has 3 N–H and O–H groups in total. The van der Waals surface area contributed by atoms with E-state index in [2.05, 4.69) is 16.9 Å². The molecule has 1 atom stereocenters. The van der Waals surface area contributed by atoms with Crippen molar-refractivity contribution in [1.82, 2.24) is 14.7 Å². The maximum Gasteiger partial charge on any atom is 0.281 e. The molecule has 1 fully saturated rings. The number of pyridine rings is 2. The molecule has 0 aliphatic carbocycles. The van der Waals surface area contributed by atoms with Crippen LogP contribution in [-0.2, 0) is 10.0 Å². The van der Waals surface area contributed by atoms with Crippen molar-refractivity contribution in [3.05, 3.63) is 41.8 Å². The summed E-state index contributed by atoms with van der Waals surface area (Å²) in [5, 5.41) is -0.401. The maximum absolute atomic E-state index is 13.8. The summed E-state index contributed by atoms with van der Waals surface area (Å²) >= 11 is 0. The minimum atomic E-state index is -4.28. The van der Waals surface area contributed by atoms with E-state index in [1.165, 1.54) is 18.2 Å². The fourth-order valence-corrected chi connectivity index (χ4v) is 4.17. The van der Waals surface area contributed by atoms with Gasteiger partial charge in [-0.2, -0.15) is 8.42 Å². The highest BCUT2D eigenvalue weighted by Crippen LogP contribution is 2.38. The van der Waals surface area contributed by atoms with Gasteiger partial charge in [0.05, 0.1) is 11.8 Å². The molecule has 3 rings (SSSR count). The van der Waals surface area contributed by atoms with Crippen LogP contribution in [0.4, 0.5) is 16.0 Å². The average Bonchev–Trinajstić information content (AvgIpc) is 2.88. The summed E-state index contributed by atoms with van der Waals surface area (Å²) in [7, 11) is -4.28. The van der Waals surface area contributed by atoms with E-state index in [0.717, 1.165) is 18.7 Å². The van der Waals surface area contributed by atoms with E-state index in [1.807, 2.05) is 23.5 Å². The second kappa shape index (κ2) is 7.01. The van der Waals surface area contributed by atoms with Gasteiger partial charge in [0.15, 0.2) is 5.03 Å². The molecule has 1 saturated heterocycles. The molecule has 0 radical (unpaired) electrons. The molecule has 10 heteroatoms. The molecule has 8 nitrogen and oxygen atoms in total. The van der Waals surface area contributed by atoms with Crippen molar-refractivity contribution in [2.75, 3.05) is 17.2 Å². The number of aromatic nitrogens is 2. The number of carbonyl (C=O) groups excluding carboxylic acids is 1. The van der Waals surface area contributed by atoms with Crippen molar-refractivity contribution >= 4 is 27.6 Å². The summed E-state index contributed by atoms with van der Waals surface area (Å²) in [5.74, 6) is -1.17. The third-order valence-corrected chi connectivity index (χ3v) is 6.50. The Bertz CT molecular complexity index is 1030. The molecule has 0 aromatic carbocycles. The molecule has 28 heavy (non-hydrogen) atoms. The Morgan fingerprint density at radius 3 is 2.71 bits per heavy atom. The number of halogens is 1. The van der Waals surface area contributed by atoms with Crippen molar-refractivity contribution in [2.24, 2.45) is 5.92 Å². The Morgan fingerprint density at radius 2 is 2.11 bits per heavy atom. The van der Waals surface area contributed by atoms with Gasteiger partial charge in [-0.3, -0.25) is 4.79 Å². The standard InChI is InChI=1S/C18H22FN5O3S/c1-11-7-8-24(18(11,2)3)16-13(9-12(19)10-21-16)17(25)23-28(26,27)15-6-4-5-14(20)22-15/h4-6,9-11H,7-8H2,1-3H3,(H2,20,22)(H,23,25). The number of hydrogen-bond donors (Lipinski definition) is 2. The number of amides is 1. The first-order valence-corrected chi connectivity index (χ1v) is 10.2. The van der Waals surface area contributed by atoms with Crippen molar-refractivity contribution in [3.63, 3.8) is 0 Å². The summed E-state index contributed by atoms with van der Waals surface area (Å²) in [4.78, 5) is 22.5. The van der Waals surface area contributed by atoms with E-state index in [4.69, 9.17) is 5.73 Å². The number of hydrogen-bond acceptors (Lipinski definition) is 7. The van der Waals surface area contributed by atoms with Crippen LogP contribution in [0.2, 0.25) is 0 Å². The molecule has 2 aromatic rings. The van der Waals surface area contributed by atoms with E-state index in [-0.39, 0.29) is 22.7 Å². The van der Waals surface area contributed by atoms with E-state index in [1.54, 1.807) is 0 Å². The van der Waals surface area contributed by atoms with Crippen molar-refractivity contribution in [3.8, 4) is 0 Å². The van der Waals surface area contributed by atoms with Gasteiger partial charge in [-0.1, -0.05) is 13.0 Å². The molecule has 1 unspecified atom stereocenters. The van der Waals surface area contributed by atoms with Gasteiger partial charge in [-0.15, -0.1) is 0 Å². The van der Waals surface area contributed by atoms with E-state index in [9.17, 15) is 17.6 Å². The molecular formula is C18H22FN5O3S. The largest absolute Gasteiger partial charge is 0.384 e. The van der Waals surface area contributed by atoms with Crippen LogP contribution < -0.4 is 15.4 Å². The summed E-state index contributed by atoms with van der Waals surface area (Å²) in [6.45, 7) is 6.71. The molecule has 1 aliphatic heterocycles. The first-order chi connectivity index (χ1) is 13.0. The highest BCUT2D eigenvalue weighted by atomic mass is 32.2. The maximum atomic E-state index is 13.8. The monoisotopic (exact) mass is 407 g/mol. The van der Waals surface area contributed by atoms with Gasteiger partial charge >= 0.3 is 0 Å². The molecule has 1 amide bonds. The van der Waals surface area contributed by atoms with Crippen LogP contribution in [0.15, 0.2) is 35.5 Å². The van der Waals surface area contributed by atoms with Crippen molar-refractivity contribution < 1.29 is 17.6 Å². The number of nitrogens with two attached hydrogens (primary N) is 1. The first-order valence-electron chi connectivity index (χ1n) is 8.75. The summed E-state index contributed by atoms with van der Waals surface area (Å²) in [6.07, 6.45) is 1.89. The molecular weight excluding hydrogens is 385 g/mol. The van der Waals surface area contributed by atoms with E-state index in [0.29, 0.717) is 12.5 Å². The third kappa shape index (κ3) is 3.64. The van der Waals surface area contributed by atoms with Crippen molar-refractivity contribution in [2.45, 2.75) is 37.8 Å². The minimum absolute atomic E-state index is 0.00348. The number of nitrogen functional groups attached to an aromatic ring is 1. The van der Waals surface area contributed by atoms with Crippen LogP contribution in [0.1, 0.15) is 37.6 Å². The lowest BCUT2D eigenvalue weighted by molar-refractivity contribution is 0.0981. The van der Waals surface area contributed by atoms with Gasteiger partial charge in [0.1, 0.15) is 17.5 Å². The zero-order valence-corrected chi connectivity index (χ0v) is 16.6. The second-order valence-corrected chi connectivity index (χ2v) is 8.98. The molecule has 1 aliphatic rings. The van der Waals surface area contributed by atoms with Crippen LogP contribution >= 0.6 is 0 Å². The Hall–Kier alpha value is -2.75. The van der Waals surface area contributed by atoms with Crippen LogP contribution in [0.25, 0.3) is 0 Å². The summed E-state index contributed by atoms with van der Waals surface area (Å²) in [5.41, 5.74) is 5.03. The van der Waals surface area contributed by atoms with Gasteiger partial charge in [-0.25, -0.2) is 19.1 Å². The molecule has 0 spiro atoms. The van der Waals surface area contributed by atoms with Gasteiger partial charge in [0, 0.05) is 12.1 Å². The molecule has 2 aromatic heterocycles. The molecule has 150 valence electrons. The average molecular weight is 407 g/mol. The summed E-state index contributed by atoms with van der Waals surface area (Å²) in [6, 6.07) is 5.03. The first kappa shape index (κ1) is 20.0. The summed E-state index contributed by atoms with van der Waals surface area (Å²) < 4.78 is 40.7. The number of sulfonamides is 1. The number of rotatable bonds is 4. The fourth-order valence-electron chi connectivity index (χ4n) is 3.23. The topological polar surface area (TPSA) is 118 Å². The Labute approximate surface area is 163 Å².